The van der Waals surface area contributed by atoms with Crippen molar-refractivity contribution in [3.8, 4) is 0 Å². The highest BCUT2D eigenvalue weighted by molar-refractivity contribution is 7.89. The summed E-state index contributed by atoms with van der Waals surface area (Å²) in [6.07, 6.45) is 3.66. The topological polar surface area (TPSA) is 104 Å². The number of amides is 2. The van der Waals surface area contributed by atoms with Crippen molar-refractivity contribution < 1.29 is 18.0 Å². The Morgan fingerprint density at radius 1 is 0.939 bits per heavy atom. The van der Waals surface area contributed by atoms with Crippen LogP contribution < -0.4 is 15.4 Å². The van der Waals surface area contributed by atoms with E-state index in [1.165, 1.54) is 0 Å². The first-order valence-electron chi connectivity index (χ1n) is 11.5. The van der Waals surface area contributed by atoms with Crippen LogP contribution in [0.25, 0.3) is 0 Å². The summed E-state index contributed by atoms with van der Waals surface area (Å²) >= 11 is 0. The van der Waals surface area contributed by atoms with Gasteiger partial charge in [-0.1, -0.05) is 48.5 Å². The SMILES string of the molecule is CC(NC(=O)C1CCC(CNS(=O)(=O)c2ccccc2)CC1)C(=O)NCCc1ccccc1. The number of carbonyl (C=O) groups is 2. The molecule has 1 aliphatic rings. The van der Waals surface area contributed by atoms with Gasteiger partial charge in [0.1, 0.15) is 6.04 Å². The fourth-order valence-corrected chi connectivity index (χ4v) is 5.20. The van der Waals surface area contributed by atoms with Crippen LogP contribution in [0, 0.1) is 11.8 Å². The molecular weight excluding hydrogens is 438 g/mol. The molecule has 3 N–H and O–H groups in total. The predicted molar refractivity (Wildman–Crippen MR) is 128 cm³/mol. The Hall–Kier alpha value is -2.71. The lowest BCUT2D eigenvalue weighted by molar-refractivity contribution is -0.131. The Labute approximate surface area is 196 Å². The Morgan fingerprint density at radius 3 is 2.18 bits per heavy atom. The lowest BCUT2D eigenvalue weighted by atomic mass is 9.81. The number of nitrogens with one attached hydrogen (secondary N) is 3. The molecule has 2 aromatic rings. The molecule has 0 spiro atoms. The van der Waals surface area contributed by atoms with Gasteiger partial charge in [0.25, 0.3) is 0 Å². The fourth-order valence-electron chi connectivity index (χ4n) is 4.06. The first-order chi connectivity index (χ1) is 15.8. The van der Waals surface area contributed by atoms with Crippen LogP contribution in [-0.2, 0) is 26.0 Å². The van der Waals surface area contributed by atoms with Crippen molar-refractivity contribution >= 4 is 21.8 Å². The predicted octanol–water partition coefficient (Wildman–Crippen LogP) is 2.63. The second-order valence-electron chi connectivity index (χ2n) is 8.64. The smallest absolute Gasteiger partial charge is 0.242 e. The summed E-state index contributed by atoms with van der Waals surface area (Å²) in [5.74, 6) is -0.245. The molecule has 1 saturated carbocycles. The number of sulfonamides is 1. The average molecular weight is 472 g/mol. The van der Waals surface area contributed by atoms with Gasteiger partial charge in [-0.05, 0) is 62.6 Å². The van der Waals surface area contributed by atoms with E-state index in [0.717, 1.165) is 24.8 Å². The van der Waals surface area contributed by atoms with Gasteiger partial charge in [0.2, 0.25) is 21.8 Å². The van der Waals surface area contributed by atoms with E-state index in [9.17, 15) is 18.0 Å². The van der Waals surface area contributed by atoms with Crippen LogP contribution in [0.2, 0.25) is 0 Å². The molecule has 0 aliphatic heterocycles. The molecule has 178 valence electrons. The molecule has 0 saturated heterocycles. The van der Waals surface area contributed by atoms with Crippen LogP contribution in [-0.4, -0.2) is 39.4 Å². The van der Waals surface area contributed by atoms with Crippen molar-refractivity contribution in [3.63, 3.8) is 0 Å². The van der Waals surface area contributed by atoms with Gasteiger partial charge in [0.15, 0.2) is 0 Å². The lowest BCUT2D eigenvalue weighted by Crippen LogP contribution is -2.47. The van der Waals surface area contributed by atoms with Gasteiger partial charge in [-0.2, -0.15) is 0 Å². The van der Waals surface area contributed by atoms with Crippen LogP contribution in [0.3, 0.4) is 0 Å². The van der Waals surface area contributed by atoms with Crippen molar-refractivity contribution in [1.29, 1.82) is 0 Å². The minimum absolute atomic E-state index is 0.107. The molecule has 3 rings (SSSR count). The van der Waals surface area contributed by atoms with Crippen LogP contribution >= 0.6 is 0 Å². The van der Waals surface area contributed by atoms with E-state index in [4.69, 9.17) is 0 Å². The highest BCUT2D eigenvalue weighted by atomic mass is 32.2. The minimum Gasteiger partial charge on any atom is -0.354 e. The van der Waals surface area contributed by atoms with Crippen molar-refractivity contribution in [2.24, 2.45) is 11.8 Å². The number of hydrogen-bond donors (Lipinski definition) is 3. The van der Waals surface area contributed by atoms with Crippen molar-refractivity contribution in [1.82, 2.24) is 15.4 Å². The Morgan fingerprint density at radius 2 is 1.55 bits per heavy atom. The summed E-state index contributed by atoms with van der Waals surface area (Å²) in [6, 6.07) is 17.6. The van der Waals surface area contributed by atoms with E-state index >= 15 is 0 Å². The maximum atomic E-state index is 12.6. The molecule has 2 amide bonds. The Balaban J connectivity index is 1.36. The van der Waals surface area contributed by atoms with E-state index in [-0.39, 0.29) is 28.5 Å². The van der Waals surface area contributed by atoms with E-state index in [0.29, 0.717) is 25.9 Å². The second kappa shape index (κ2) is 12.0. The largest absolute Gasteiger partial charge is 0.354 e. The van der Waals surface area contributed by atoms with Crippen LogP contribution in [0.4, 0.5) is 0 Å². The Bertz CT molecular complexity index is 1000. The van der Waals surface area contributed by atoms with Crippen LogP contribution in [0.1, 0.15) is 38.2 Å². The summed E-state index contributed by atoms with van der Waals surface area (Å²) in [4.78, 5) is 25.2. The Kier molecular flexibility index (Phi) is 9.03. The zero-order valence-electron chi connectivity index (χ0n) is 19.0. The third-order valence-electron chi connectivity index (χ3n) is 6.14. The number of hydrogen-bond acceptors (Lipinski definition) is 4. The monoisotopic (exact) mass is 471 g/mol. The molecule has 1 unspecified atom stereocenters. The molecular formula is C25H33N3O4S. The number of rotatable bonds is 10. The quantitative estimate of drug-likeness (QED) is 0.495. The maximum absolute atomic E-state index is 12.6. The van der Waals surface area contributed by atoms with Gasteiger partial charge in [-0.15, -0.1) is 0 Å². The number of carbonyl (C=O) groups excluding carboxylic acids is 2. The van der Waals surface area contributed by atoms with E-state index in [2.05, 4.69) is 15.4 Å². The van der Waals surface area contributed by atoms with Crippen LogP contribution in [0.5, 0.6) is 0 Å². The van der Waals surface area contributed by atoms with Crippen LogP contribution in [0.15, 0.2) is 65.6 Å². The van der Waals surface area contributed by atoms with Crippen molar-refractivity contribution in [3.05, 3.63) is 66.2 Å². The molecule has 0 heterocycles. The zero-order valence-corrected chi connectivity index (χ0v) is 19.8. The standard InChI is InChI=1S/C25H33N3O4S/c1-19(24(29)26-17-16-20-8-4-2-5-9-20)28-25(30)22-14-12-21(13-15-22)18-27-33(31,32)23-10-6-3-7-11-23/h2-11,19,21-22,27H,12-18H2,1H3,(H,26,29)(H,28,30). The molecule has 0 bridgehead atoms. The molecule has 1 aliphatic carbocycles. The summed E-state index contributed by atoms with van der Waals surface area (Å²) < 4.78 is 27.4. The summed E-state index contributed by atoms with van der Waals surface area (Å²) in [7, 11) is -3.51. The highest BCUT2D eigenvalue weighted by Gasteiger charge is 2.28. The third-order valence-corrected chi connectivity index (χ3v) is 7.58. The molecule has 0 aromatic heterocycles. The van der Waals surface area contributed by atoms with Gasteiger partial charge in [-0.25, -0.2) is 13.1 Å². The fraction of sp³-hybridized carbons (Fsp3) is 0.440. The molecule has 1 fully saturated rings. The van der Waals surface area contributed by atoms with E-state index < -0.39 is 16.1 Å². The normalized spacial score (nSPS) is 19.4. The van der Waals surface area contributed by atoms with Gasteiger partial charge < -0.3 is 10.6 Å². The summed E-state index contributed by atoms with van der Waals surface area (Å²) in [6.45, 7) is 2.58. The lowest BCUT2D eigenvalue weighted by Gasteiger charge is -2.28. The minimum atomic E-state index is -3.51. The molecule has 8 heteroatoms. The molecule has 7 nitrogen and oxygen atoms in total. The molecule has 0 radical (unpaired) electrons. The summed E-state index contributed by atoms with van der Waals surface area (Å²) in [5.41, 5.74) is 1.15. The number of benzene rings is 2. The maximum Gasteiger partial charge on any atom is 0.242 e. The van der Waals surface area contributed by atoms with Gasteiger partial charge in [0.05, 0.1) is 4.90 Å². The molecule has 2 aromatic carbocycles. The third kappa shape index (κ3) is 7.68. The van der Waals surface area contributed by atoms with Crippen molar-refractivity contribution in [2.75, 3.05) is 13.1 Å². The zero-order chi connectivity index (χ0) is 23.7. The highest BCUT2D eigenvalue weighted by Crippen LogP contribution is 2.29. The van der Waals surface area contributed by atoms with Gasteiger partial charge >= 0.3 is 0 Å². The van der Waals surface area contributed by atoms with Crippen molar-refractivity contribution in [2.45, 2.75) is 50.0 Å². The van der Waals surface area contributed by atoms with Gasteiger partial charge in [-0.3, -0.25) is 9.59 Å². The first-order valence-corrected chi connectivity index (χ1v) is 13.0. The second-order valence-corrected chi connectivity index (χ2v) is 10.4. The summed E-state index contributed by atoms with van der Waals surface area (Å²) in [5, 5.41) is 5.70. The van der Waals surface area contributed by atoms with Gasteiger partial charge in [0, 0.05) is 19.0 Å². The average Bonchev–Trinajstić information content (AvgIpc) is 2.84. The molecule has 33 heavy (non-hydrogen) atoms. The van der Waals surface area contributed by atoms with E-state index in [1.54, 1.807) is 37.3 Å². The first kappa shape index (κ1) is 24.9. The molecule has 1 atom stereocenters. The van der Waals surface area contributed by atoms with E-state index in [1.807, 2.05) is 30.3 Å².